The van der Waals surface area contributed by atoms with Crippen molar-refractivity contribution < 1.29 is 4.74 Å². The van der Waals surface area contributed by atoms with Crippen LogP contribution in [0.3, 0.4) is 0 Å². The molecule has 0 spiro atoms. The zero-order valence-corrected chi connectivity index (χ0v) is 10.3. The lowest BCUT2D eigenvalue weighted by Crippen LogP contribution is -2.20. The van der Waals surface area contributed by atoms with Gasteiger partial charge in [-0.3, -0.25) is 0 Å². The standard InChI is InChI=1S/C16H15NO/c1-18-15(12-17)16(13-8-4-2-5-9-13)14-10-6-3-7-11-14/h2-11,15-16H,1H3. The smallest absolute Gasteiger partial charge is 0.154 e. The number of methoxy groups -OCH3 is 1. The summed E-state index contributed by atoms with van der Waals surface area (Å²) in [6.45, 7) is 0. The molecule has 0 aromatic heterocycles. The monoisotopic (exact) mass is 237 g/mol. The molecule has 0 bridgehead atoms. The van der Waals surface area contributed by atoms with Crippen molar-refractivity contribution in [3.63, 3.8) is 0 Å². The van der Waals surface area contributed by atoms with Gasteiger partial charge >= 0.3 is 0 Å². The number of ether oxygens (including phenoxy) is 1. The molecule has 2 rings (SSSR count). The number of hydrogen-bond acceptors (Lipinski definition) is 2. The van der Waals surface area contributed by atoms with Gasteiger partial charge in [0, 0.05) is 13.0 Å². The third-order valence-electron chi connectivity index (χ3n) is 3.00. The molecule has 0 aliphatic rings. The van der Waals surface area contributed by atoms with E-state index < -0.39 is 6.10 Å². The van der Waals surface area contributed by atoms with Gasteiger partial charge in [0.05, 0.1) is 6.07 Å². The van der Waals surface area contributed by atoms with Gasteiger partial charge in [-0.25, -0.2) is 0 Å². The minimum absolute atomic E-state index is 0.0533. The summed E-state index contributed by atoms with van der Waals surface area (Å²) in [6.07, 6.45) is -0.477. The molecule has 0 aliphatic heterocycles. The first kappa shape index (κ1) is 12.3. The van der Waals surface area contributed by atoms with E-state index in [0.29, 0.717) is 0 Å². The SMILES string of the molecule is COC(C#N)C(c1ccccc1)c1ccccc1. The Morgan fingerprint density at radius 2 is 1.33 bits per heavy atom. The van der Waals surface area contributed by atoms with E-state index >= 15 is 0 Å². The minimum Gasteiger partial charge on any atom is -0.366 e. The molecule has 0 N–H and O–H groups in total. The molecule has 2 nitrogen and oxygen atoms in total. The van der Waals surface area contributed by atoms with Crippen LogP contribution in [0.2, 0.25) is 0 Å². The number of nitriles is 1. The van der Waals surface area contributed by atoms with E-state index in [1.807, 2.05) is 60.7 Å². The summed E-state index contributed by atoms with van der Waals surface area (Å²) in [7, 11) is 1.58. The summed E-state index contributed by atoms with van der Waals surface area (Å²) in [5, 5.41) is 9.24. The second kappa shape index (κ2) is 6.00. The van der Waals surface area contributed by atoms with Crippen molar-refractivity contribution in [2.75, 3.05) is 7.11 Å². The van der Waals surface area contributed by atoms with Gasteiger partial charge in [-0.15, -0.1) is 0 Å². The zero-order chi connectivity index (χ0) is 12.8. The molecule has 0 aliphatic carbocycles. The molecule has 0 amide bonds. The second-order valence-electron chi connectivity index (χ2n) is 4.08. The van der Waals surface area contributed by atoms with Crippen molar-refractivity contribution in [3.8, 4) is 6.07 Å². The molecule has 0 saturated carbocycles. The third kappa shape index (κ3) is 2.58. The summed E-state index contributed by atoms with van der Waals surface area (Å²) in [6, 6.07) is 22.2. The quantitative estimate of drug-likeness (QED) is 0.816. The molecule has 0 saturated heterocycles. The zero-order valence-electron chi connectivity index (χ0n) is 10.3. The van der Waals surface area contributed by atoms with Crippen molar-refractivity contribution in [3.05, 3.63) is 71.8 Å². The highest BCUT2D eigenvalue weighted by atomic mass is 16.5. The third-order valence-corrected chi connectivity index (χ3v) is 3.00. The van der Waals surface area contributed by atoms with Crippen molar-refractivity contribution in [2.45, 2.75) is 12.0 Å². The maximum absolute atomic E-state index is 9.24. The maximum Gasteiger partial charge on any atom is 0.154 e. The van der Waals surface area contributed by atoms with Crippen LogP contribution >= 0.6 is 0 Å². The fraction of sp³-hybridized carbons (Fsp3) is 0.188. The Bertz CT molecular complexity index is 476. The Morgan fingerprint density at radius 1 is 0.889 bits per heavy atom. The van der Waals surface area contributed by atoms with E-state index in [4.69, 9.17) is 4.74 Å². The average molecular weight is 237 g/mol. The van der Waals surface area contributed by atoms with Crippen LogP contribution in [0.4, 0.5) is 0 Å². The first-order chi connectivity index (χ1) is 8.86. The van der Waals surface area contributed by atoms with Crippen molar-refractivity contribution in [1.82, 2.24) is 0 Å². The van der Waals surface area contributed by atoms with E-state index in [-0.39, 0.29) is 5.92 Å². The Hall–Kier alpha value is -2.11. The Kier molecular flexibility index (Phi) is 4.11. The van der Waals surface area contributed by atoms with Crippen LogP contribution in [-0.4, -0.2) is 13.2 Å². The van der Waals surface area contributed by atoms with Crippen LogP contribution in [0.5, 0.6) is 0 Å². The van der Waals surface area contributed by atoms with Crippen LogP contribution in [0, 0.1) is 11.3 Å². The molecule has 1 unspecified atom stereocenters. The summed E-state index contributed by atoms with van der Waals surface area (Å²) < 4.78 is 5.31. The highest BCUT2D eigenvalue weighted by molar-refractivity contribution is 5.35. The predicted molar refractivity (Wildman–Crippen MR) is 71.1 cm³/mol. The Balaban J connectivity index is 2.45. The molecular weight excluding hydrogens is 222 g/mol. The maximum atomic E-state index is 9.24. The second-order valence-corrected chi connectivity index (χ2v) is 4.08. The number of rotatable bonds is 4. The van der Waals surface area contributed by atoms with Gasteiger partial charge in [-0.2, -0.15) is 5.26 Å². The molecule has 18 heavy (non-hydrogen) atoms. The molecular formula is C16H15NO. The molecule has 1 atom stereocenters. The van der Waals surface area contributed by atoms with Gasteiger partial charge in [0.1, 0.15) is 0 Å². The summed E-state index contributed by atoms with van der Waals surface area (Å²) >= 11 is 0. The van der Waals surface area contributed by atoms with Gasteiger partial charge in [0.25, 0.3) is 0 Å². The van der Waals surface area contributed by atoms with Crippen molar-refractivity contribution >= 4 is 0 Å². The van der Waals surface area contributed by atoms with Gasteiger partial charge in [0.15, 0.2) is 6.10 Å². The van der Waals surface area contributed by atoms with Crippen LogP contribution < -0.4 is 0 Å². The topological polar surface area (TPSA) is 33.0 Å². The van der Waals surface area contributed by atoms with Gasteiger partial charge < -0.3 is 4.74 Å². The Morgan fingerprint density at radius 3 is 1.67 bits per heavy atom. The summed E-state index contributed by atoms with van der Waals surface area (Å²) in [5.74, 6) is -0.0533. The van der Waals surface area contributed by atoms with Crippen LogP contribution in [0.25, 0.3) is 0 Å². The lowest BCUT2D eigenvalue weighted by Gasteiger charge is -2.21. The molecule has 0 fully saturated rings. The van der Waals surface area contributed by atoms with E-state index in [0.717, 1.165) is 11.1 Å². The normalized spacial score (nSPS) is 12.1. The van der Waals surface area contributed by atoms with Crippen molar-refractivity contribution in [2.24, 2.45) is 0 Å². The molecule has 90 valence electrons. The minimum atomic E-state index is -0.477. The highest BCUT2D eigenvalue weighted by Gasteiger charge is 2.24. The first-order valence-corrected chi connectivity index (χ1v) is 5.89. The molecule has 2 heteroatoms. The van der Waals surface area contributed by atoms with Crippen LogP contribution in [0.15, 0.2) is 60.7 Å². The summed E-state index contributed by atoms with van der Waals surface area (Å²) in [5.41, 5.74) is 2.19. The number of hydrogen-bond donors (Lipinski definition) is 0. The predicted octanol–water partition coefficient (Wildman–Crippen LogP) is 3.36. The van der Waals surface area contributed by atoms with E-state index in [1.54, 1.807) is 7.11 Å². The summed E-state index contributed by atoms with van der Waals surface area (Å²) in [4.78, 5) is 0. The molecule has 0 radical (unpaired) electrons. The number of benzene rings is 2. The fourth-order valence-corrected chi connectivity index (χ4v) is 2.13. The van der Waals surface area contributed by atoms with Crippen LogP contribution in [0.1, 0.15) is 17.0 Å². The molecule has 2 aromatic carbocycles. The van der Waals surface area contributed by atoms with Crippen molar-refractivity contribution in [1.29, 1.82) is 5.26 Å². The van der Waals surface area contributed by atoms with Gasteiger partial charge in [0.2, 0.25) is 0 Å². The highest BCUT2D eigenvalue weighted by Crippen LogP contribution is 2.29. The van der Waals surface area contributed by atoms with Gasteiger partial charge in [-0.05, 0) is 11.1 Å². The fourth-order valence-electron chi connectivity index (χ4n) is 2.13. The lowest BCUT2D eigenvalue weighted by molar-refractivity contribution is 0.133. The Labute approximate surface area is 107 Å². The van der Waals surface area contributed by atoms with E-state index in [2.05, 4.69) is 6.07 Å². The molecule has 2 aromatic rings. The lowest BCUT2D eigenvalue weighted by atomic mass is 9.87. The molecule has 0 heterocycles. The largest absolute Gasteiger partial charge is 0.366 e. The van der Waals surface area contributed by atoms with Crippen LogP contribution in [-0.2, 0) is 4.74 Å². The number of nitrogens with zero attached hydrogens (tertiary/aromatic N) is 1. The van der Waals surface area contributed by atoms with E-state index in [9.17, 15) is 5.26 Å². The average Bonchev–Trinajstić information content (AvgIpc) is 2.46. The van der Waals surface area contributed by atoms with E-state index in [1.165, 1.54) is 0 Å². The van der Waals surface area contributed by atoms with Gasteiger partial charge in [-0.1, -0.05) is 60.7 Å². The first-order valence-electron chi connectivity index (χ1n) is 5.89.